The van der Waals surface area contributed by atoms with Crippen LogP contribution in [0.4, 0.5) is 0 Å². The summed E-state index contributed by atoms with van der Waals surface area (Å²) in [6.45, 7) is 4.81. The van der Waals surface area contributed by atoms with E-state index >= 15 is 0 Å². The Morgan fingerprint density at radius 3 is 1.76 bits per heavy atom. The van der Waals surface area contributed by atoms with Crippen LogP contribution in [0.3, 0.4) is 0 Å². The monoisotopic (exact) mass is 636 g/mol. The van der Waals surface area contributed by atoms with Crippen molar-refractivity contribution < 1.29 is 8.97 Å². The molecule has 0 N–H and O–H groups in total. The Kier molecular flexibility index (Phi) is 2.72. The van der Waals surface area contributed by atoms with Crippen LogP contribution in [-0.4, -0.2) is 50.2 Å². The Morgan fingerprint density at radius 1 is 0.460 bits per heavy atom. The van der Waals surface area contributed by atoms with Gasteiger partial charge in [-0.3, -0.25) is 0 Å². The number of likely N-dealkylation sites (tertiary alicyclic amines) is 1. The van der Waals surface area contributed by atoms with E-state index < -0.39 is 0 Å². The molecule has 0 spiro atoms. The smallest absolute Gasteiger partial charge is 0.105 e. The second-order valence-electron chi connectivity index (χ2n) is 20.0. The van der Waals surface area contributed by atoms with Gasteiger partial charge in [-0.2, -0.15) is 0 Å². The predicted octanol–water partition coefficient (Wildman–Crippen LogP) is 9.42. The third-order valence-electron chi connectivity index (χ3n) is 17.2. The highest BCUT2D eigenvalue weighted by molar-refractivity contribution is 6.59. The van der Waals surface area contributed by atoms with Crippen LogP contribution in [0.25, 0.3) is 115 Å². The fourth-order valence-electron chi connectivity index (χ4n) is 16.5. The summed E-state index contributed by atoms with van der Waals surface area (Å²) in [4.78, 5) is 0. The van der Waals surface area contributed by atoms with Crippen LogP contribution in [0.15, 0.2) is 24.3 Å². The largest absolute Gasteiger partial charge is 0.327 e. The number of allylic oxidation sites excluding steroid dienone is 2. The quantitative estimate of drug-likeness (QED) is 0.115. The zero-order chi connectivity index (χ0) is 31.7. The van der Waals surface area contributed by atoms with Crippen molar-refractivity contribution in [1.82, 2.24) is 0 Å². The average molecular weight is 637 g/mol. The van der Waals surface area contributed by atoms with Crippen LogP contribution in [0, 0.1) is 11.8 Å². The topological polar surface area (TPSA) is 0 Å². The van der Waals surface area contributed by atoms with Gasteiger partial charge in [0.25, 0.3) is 0 Å². The Hall–Kier alpha value is -4.50. The van der Waals surface area contributed by atoms with Gasteiger partial charge in [-0.15, -0.1) is 0 Å². The first-order valence-corrected chi connectivity index (χ1v) is 19.5. The number of fused-ring (bicyclic) bond motifs is 11. The van der Waals surface area contributed by atoms with Crippen LogP contribution in [-0.2, 0) is 13.1 Å². The zero-order valence-electron chi connectivity index (χ0n) is 28.7. The third-order valence-corrected chi connectivity index (χ3v) is 17.2. The van der Waals surface area contributed by atoms with E-state index in [9.17, 15) is 0 Å². The Balaban J connectivity index is 1.31. The molecule has 0 bridgehead atoms. The molecule has 0 aromatic heterocycles. The lowest BCUT2D eigenvalue weighted by Crippen LogP contribution is -2.36. The first kappa shape index (κ1) is 23.1. The summed E-state index contributed by atoms with van der Waals surface area (Å²) < 4.78 is 2.20. The summed E-state index contributed by atoms with van der Waals surface area (Å²) in [5, 5.41) is 31.8. The Morgan fingerprint density at radius 2 is 0.980 bits per heavy atom. The molecule has 2 fully saturated rings. The van der Waals surface area contributed by atoms with Gasteiger partial charge in [0, 0.05) is 40.2 Å². The van der Waals surface area contributed by atoms with Gasteiger partial charge in [0.2, 0.25) is 0 Å². The van der Waals surface area contributed by atoms with Crippen molar-refractivity contribution in [2.45, 2.75) is 36.8 Å². The fraction of sp³-hybridized carbons (Fsp3) is 0.292. The van der Waals surface area contributed by atoms with E-state index in [-0.39, 0.29) is 0 Å². The van der Waals surface area contributed by atoms with Crippen LogP contribution in [0.5, 0.6) is 0 Å². The molecule has 2 aliphatic heterocycles. The summed E-state index contributed by atoms with van der Waals surface area (Å²) in [7, 11) is 10.1. The van der Waals surface area contributed by atoms with Gasteiger partial charge in [-0.05, 0) is 148 Å². The van der Waals surface area contributed by atoms with E-state index in [1.165, 1.54) is 18.5 Å². The molecular weight excluding hydrogens is 605 g/mol. The summed E-state index contributed by atoms with van der Waals surface area (Å²) in [5.41, 5.74) is 15.6. The molecule has 2 heterocycles. The standard InChI is InChI=1S/C48H32N2/c1-49(2)11-21-23(13-49)33-34-24-14-50(3,4)12-22(24)26-20-10-8-18-16-6-5-15-17-7-9-19-25(21)35-39-31(19)29(17)37-27(15)28(16)38-30(18)32(20)40-36(26)42(34)45(41(33)35)48-46(39)43(37)44(38)47(40)48/h5-10,15,17,21,23,27,29H,11-14H2,1-4H3/q+2. The van der Waals surface area contributed by atoms with Crippen LogP contribution >= 0.6 is 0 Å². The minimum atomic E-state index is 0.526. The molecule has 18 rings (SSSR count). The van der Waals surface area contributed by atoms with E-state index in [2.05, 4.69) is 64.6 Å². The highest BCUT2D eigenvalue weighted by Crippen LogP contribution is 2.73. The van der Waals surface area contributed by atoms with Crippen LogP contribution < -0.4 is 5.22 Å². The highest BCUT2D eigenvalue weighted by Gasteiger charge is 2.58. The summed E-state index contributed by atoms with van der Waals surface area (Å²) in [6, 6.07) is 5.17. The third kappa shape index (κ3) is 1.71. The Labute approximate surface area is 286 Å². The second-order valence-corrected chi connectivity index (χ2v) is 20.0. The highest BCUT2D eigenvalue weighted by atomic mass is 15.3. The summed E-state index contributed by atoms with van der Waals surface area (Å²) in [5.74, 6) is 3.39. The molecule has 2 heteroatoms. The lowest BCUT2D eigenvalue weighted by Gasteiger charge is -2.29. The van der Waals surface area contributed by atoms with Crippen molar-refractivity contribution in [1.29, 1.82) is 0 Å². The molecule has 1 saturated carbocycles. The van der Waals surface area contributed by atoms with E-state index in [1.54, 1.807) is 141 Å². The molecule has 1 saturated heterocycles. The molecule has 6 atom stereocenters. The molecule has 0 amide bonds. The first-order chi connectivity index (χ1) is 24.3. The maximum absolute atomic E-state index is 2.73. The van der Waals surface area contributed by atoms with E-state index in [4.69, 9.17) is 0 Å². The molecule has 6 unspecified atom stereocenters. The molecule has 10 aromatic rings. The molecule has 50 heavy (non-hydrogen) atoms. The number of quaternary nitrogens is 2. The van der Waals surface area contributed by atoms with Gasteiger partial charge in [-0.25, -0.2) is 0 Å². The molecule has 10 aromatic carbocycles. The molecule has 0 radical (unpaired) electrons. The van der Waals surface area contributed by atoms with Crippen LogP contribution in [0.2, 0.25) is 0 Å². The van der Waals surface area contributed by atoms with Gasteiger partial charge in [-0.1, -0.05) is 36.4 Å². The van der Waals surface area contributed by atoms with E-state index in [0.717, 1.165) is 22.1 Å². The van der Waals surface area contributed by atoms with Gasteiger partial charge >= 0.3 is 0 Å². The van der Waals surface area contributed by atoms with E-state index in [1.807, 2.05) is 5.57 Å². The minimum absolute atomic E-state index is 0.526. The Bertz CT molecular complexity index is 3620. The molecule has 6 aliphatic carbocycles. The van der Waals surface area contributed by atoms with Crippen molar-refractivity contribution in [2.24, 2.45) is 11.8 Å². The van der Waals surface area contributed by atoms with Crippen molar-refractivity contribution >= 4 is 115 Å². The normalized spacial score (nSPS) is 31.0. The zero-order valence-corrected chi connectivity index (χ0v) is 28.7. The number of benzene rings is 5. The number of rotatable bonds is 0. The average Bonchev–Trinajstić information content (AvgIpc) is 3.93. The fourth-order valence-corrected chi connectivity index (χ4v) is 16.5. The maximum Gasteiger partial charge on any atom is 0.105 e. The van der Waals surface area contributed by atoms with Gasteiger partial charge in [0.15, 0.2) is 0 Å². The maximum atomic E-state index is 2.73. The van der Waals surface area contributed by atoms with Crippen molar-refractivity contribution in [3.05, 3.63) is 74.0 Å². The van der Waals surface area contributed by atoms with Crippen molar-refractivity contribution in [3.8, 4) is 0 Å². The predicted molar refractivity (Wildman–Crippen MR) is 207 cm³/mol. The van der Waals surface area contributed by atoms with Gasteiger partial charge in [0.05, 0.1) is 41.3 Å². The molecular formula is C48H32N2+2. The number of nitrogens with zero attached hydrogens (tertiary/aromatic N) is 2. The molecule has 2 nitrogen and oxygen atoms in total. The number of hydrogen-bond donors (Lipinski definition) is 0. The van der Waals surface area contributed by atoms with Gasteiger partial charge < -0.3 is 8.97 Å². The summed E-state index contributed by atoms with van der Waals surface area (Å²) in [6.07, 6.45) is 10.7. The molecule has 8 aliphatic rings. The summed E-state index contributed by atoms with van der Waals surface area (Å²) >= 11 is 0. The SMILES string of the molecule is C[N+]1(C)Cc2c(c3c4ccc5c6c7c8c9c%10c%11c%12c%13c(c%14c%12c%12c(c2c2c%12c%11c9c(c4c58)c32)C2C[N+](C)(C)CC%142)C=CC2C%13C=%10C7C2C=C6)C1. The van der Waals surface area contributed by atoms with Crippen molar-refractivity contribution in [3.63, 3.8) is 0 Å². The molecule has 232 valence electrons. The van der Waals surface area contributed by atoms with Crippen molar-refractivity contribution in [2.75, 3.05) is 41.3 Å². The van der Waals surface area contributed by atoms with Gasteiger partial charge in [0.1, 0.15) is 13.1 Å². The first-order valence-electron chi connectivity index (χ1n) is 19.5. The number of likely N-dealkylation sites (N-methyl/N-ethyl adjacent to an activating group) is 1. The minimum Gasteiger partial charge on any atom is -0.327 e. The van der Waals surface area contributed by atoms with E-state index in [0.29, 0.717) is 35.5 Å². The lowest BCUT2D eigenvalue weighted by atomic mass is 9.74. The number of hydrogen-bond acceptors (Lipinski definition) is 0. The lowest BCUT2D eigenvalue weighted by molar-refractivity contribution is -0.909. The van der Waals surface area contributed by atoms with Crippen LogP contribution in [0.1, 0.15) is 68.2 Å². The second kappa shape index (κ2) is 5.90.